The molecule has 122 valence electrons. The Labute approximate surface area is 134 Å². The summed E-state index contributed by atoms with van der Waals surface area (Å²) in [6.07, 6.45) is 1.94. The fraction of sp³-hybridized carbons (Fsp3) is 0.294. The summed E-state index contributed by atoms with van der Waals surface area (Å²) in [6.45, 7) is 3.27. The SMILES string of the molecule is CCOC(=O)CCNCc1ccc(Oc2ccc(F)cc2)cn1. The van der Waals surface area contributed by atoms with Crippen LogP contribution in [0.3, 0.4) is 0 Å². The number of esters is 1. The highest BCUT2D eigenvalue weighted by Gasteiger charge is 2.02. The second kappa shape index (κ2) is 8.85. The molecule has 1 aromatic carbocycles. The van der Waals surface area contributed by atoms with Crippen LogP contribution in [0, 0.1) is 5.82 Å². The predicted molar refractivity (Wildman–Crippen MR) is 83.7 cm³/mol. The molecule has 1 N–H and O–H groups in total. The van der Waals surface area contributed by atoms with Crippen molar-refractivity contribution < 1.29 is 18.7 Å². The Kier molecular flexibility index (Phi) is 6.50. The van der Waals surface area contributed by atoms with Crippen LogP contribution < -0.4 is 10.1 Å². The first-order chi connectivity index (χ1) is 11.2. The molecule has 1 heterocycles. The predicted octanol–water partition coefficient (Wildman–Crippen LogP) is 3.06. The monoisotopic (exact) mass is 318 g/mol. The van der Waals surface area contributed by atoms with Crippen molar-refractivity contribution in [1.29, 1.82) is 0 Å². The van der Waals surface area contributed by atoms with E-state index in [1.807, 2.05) is 6.07 Å². The van der Waals surface area contributed by atoms with Gasteiger partial charge in [-0.3, -0.25) is 9.78 Å². The van der Waals surface area contributed by atoms with E-state index in [0.29, 0.717) is 37.6 Å². The molecule has 0 saturated carbocycles. The molecule has 23 heavy (non-hydrogen) atoms. The summed E-state index contributed by atoms with van der Waals surface area (Å²) in [6, 6.07) is 9.41. The van der Waals surface area contributed by atoms with Crippen LogP contribution in [-0.4, -0.2) is 24.1 Å². The second-order valence-electron chi connectivity index (χ2n) is 4.77. The minimum Gasteiger partial charge on any atom is -0.466 e. The number of halogens is 1. The second-order valence-corrected chi connectivity index (χ2v) is 4.77. The van der Waals surface area contributed by atoms with Gasteiger partial charge in [-0.15, -0.1) is 0 Å². The van der Waals surface area contributed by atoms with E-state index >= 15 is 0 Å². The molecular formula is C17H19FN2O3. The number of benzene rings is 1. The molecule has 2 rings (SSSR count). The number of hydrogen-bond acceptors (Lipinski definition) is 5. The third-order valence-electron chi connectivity index (χ3n) is 2.96. The normalized spacial score (nSPS) is 10.3. The lowest BCUT2D eigenvalue weighted by Gasteiger charge is -2.07. The maximum absolute atomic E-state index is 12.8. The molecule has 0 aliphatic carbocycles. The van der Waals surface area contributed by atoms with Crippen molar-refractivity contribution in [3.05, 3.63) is 54.1 Å². The Morgan fingerprint density at radius 3 is 2.57 bits per heavy atom. The lowest BCUT2D eigenvalue weighted by Crippen LogP contribution is -2.19. The highest BCUT2D eigenvalue weighted by Crippen LogP contribution is 2.20. The molecule has 0 radical (unpaired) electrons. The molecule has 1 aromatic heterocycles. The van der Waals surface area contributed by atoms with E-state index in [0.717, 1.165) is 5.69 Å². The van der Waals surface area contributed by atoms with Crippen molar-refractivity contribution in [2.75, 3.05) is 13.2 Å². The van der Waals surface area contributed by atoms with Gasteiger partial charge >= 0.3 is 5.97 Å². The zero-order valence-corrected chi connectivity index (χ0v) is 12.9. The average Bonchev–Trinajstić information content (AvgIpc) is 2.55. The molecule has 6 heteroatoms. The number of aromatic nitrogens is 1. The highest BCUT2D eigenvalue weighted by molar-refractivity contribution is 5.69. The van der Waals surface area contributed by atoms with Gasteiger partial charge in [0.05, 0.1) is 24.9 Å². The van der Waals surface area contributed by atoms with Gasteiger partial charge in [-0.2, -0.15) is 0 Å². The Balaban J connectivity index is 1.76. The summed E-state index contributed by atoms with van der Waals surface area (Å²) in [5.74, 6) is 0.608. The van der Waals surface area contributed by atoms with E-state index < -0.39 is 0 Å². The highest BCUT2D eigenvalue weighted by atomic mass is 19.1. The average molecular weight is 318 g/mol. The Morgan fingerprint density at radius 2 is 1.91 bits per heavy atom. The summed E-state index contributed by atoms with van der Waals surface area (Å²) in [5, 5.41) is 3.12. The first-order valence-electron chi connectivity index (χ1n) is 7.42. The number of rotatable bonds is 8. The van der Waals surface area contributed by atoms with Crippen molar-refractivity contribution in [1.82, 2.24) is 10.3 Å². The van der Waals surface area contributed by atoms with Gasteiger partial charge in [0.25, 0.3) is 0 Å². The van der Waals surface area contributed by atoms with Crippen molar-refractivity contribution in [3.8, 4) is 11.5 Å². The Hall–Kier alpha value is -2.47. The fourth-order valence-corrected chi connectivity index (χ4v) is 1.85. The van der Waals surface area contributed by atoms with Crippen LogP contribution in [0.5, 0.6) is 11.5 Å². The van der Waals surface area contributed by atoms with Crippen molar-refractivity contribution in [2.24, 2.45) is 0 Å². The number of carbonyl (C=O) groups excluding carboxylic acids is 1. The molecule has 5 nitrogen and oxygen atoms in total. The van der Waals surface area contributed by atoms with E-state index in [4.69, 9.17) is 9.47 Å². The first-order valence-corrected chi connectivity index (χ1v) is 7.42. The number of pyridine rings is 1. The van der Waals surface area contributed by atoms with E-state index in [1.165, 1.54) is 12.1 Å². The number of nitrogens with one attached hydrogen (secondary N) is 1. The van der Waals surface area contributed by atoms with Crippen LogP contribution in [0.2, 0.25) is 0 Å². The summed E-state index contributed by atoms with van der Waals surface area (Å²) in [7, 11) is 0. The van der Waals surface area contributed by atoms with Gasteiger partial charge in [0.1, 0.15) is 17.3 Å². The van der Waals surface area contributed by atoms with Crippen molar-refractivity contribution in [3.63, 3.8) is 0 Å². The molecule has 0 aliphatic rings. The number of nitrogens with zero attached hydrogens (tertiary/aromatic N) is 1. The number of carbonyl (C=O) groups is 1. The molecule has 0 fully saturated rings. The third-order valence-corrected chi connectivity index (χ3v) is 2.96. The lowest BCUT2D eigenvalue weighted by atomic mass is 10.3. The molecular weight excluding hydrogens is 299 g/mol. The maximum atomic E-state index is 12.8. The van der Waals surface area contributed by atoms with Crippen LogP contribution >= 0.6 is 0 Å². The van der Waals surface area contributed by atoms with Gasteiger partial charge in [-0.05, 0) is 43.3 Å². The van der Waals surface area contributed by atoms with Crippen LogP contribution in [0.25, 0.3) is 0 Å². The Bertz CT molecular complexity index is 615. The molecule has 0 saturated heterocycles. The number of ether oxygens (including phenoxy) is 2. The molecule has 0 atom stereocenters. The van der Waals surface area contributed by atoms with Gasteiger partial charge in [0.15, 0.2) is 0 Å². The summed E-state index contributed by atoms with van der Waals surface area (Å²) < 4.78 is 23.2. The van der Waals surface area contributed by atoms with Gasteiger partial charge in [0, 0.05) is 13.1 Å². The minimum absolute atomic E-state index is 0.212. The topological polar surface area (TPSA) is 60.5 Å². The quantitative estimate of drug-likeness (QED) is 0.599. The minimum atomic E-state index is -0.306. The standard InChI is InChI=1S/C17H19FN2O3/c1-2-22-17(21)9-10-19-11-14-5-8-16(12-20-14)23-15-6-3-13(18)4-7-15/h3-8,12,19H,2,9-11H2,1H3. The molecule has 0 spiro atoms. The summed E-state index contributed by atoms with van der Waals surface area (Å²) in [4.78, 5) is 15.4. The lowest BCUT2D eigenvalue weighted by molar-refractivity contribution is -0.142. The molecule has 0 unspecified atom stereocenters. The summed E-state index contributed by atoms with van der Waals surface area (Å²) >= 11 is 0. The largest absolute Gasteiger partial charge is 0.466 e. The smallest absolute Gasteiger partial charge is 0.307 e. The van der Waals surface area contributed by atoms with E-state index in [1.54, 1.807) is 31.3 Å². The summed E-state index contributed by atoms with van der Waals surface area (Å²) in [5.41, 5.74) is 0.834. The van der Waals surface area contributed by atoms with Gasteiger partial charge < -0.3 is 14.8 Å². The fourth-order valence-electron chi connectivity index (χ4n) is 1.85. The molecule has 0 aliphatic heterocycles. The Morgan fingerprint density at radius 1 is 1.17 bits per heavy atom. The zero-order valence-electron chi connectivity index (χ0n) is 12.9. The van der Waals surface area contributed by atoms with Crippen molar-refractivity contribution >= 4 is 5.97 Å². The molecule has 0 amide bonds. The molecule has 2 aromatic rings. The number of hydrogen-bond donors (Lipinski definition) is 1. The van der Waals surface area contributed by atoms with Crippen LogP contribution in [-0.2, 0) is 16.1 Å². The first kappa shape index (κ1) is 16.9. The van der Waals surface area contributed by atoms with Crippen LogP contribution in [0.1, 0.15) is 19.0 Å². The maximum Gasteiger partial charge on any atom is 0.307 e. The van der Waals surface area contributed by atoms with E-state index in [-0.39, 0.29) is 11.8 Å². The van der Waals surface area contributed by atoms with Gasteiger partial charge in [0.2, 0.25) is 0 Å². The zero-order chi connectivity index (χ0) is 16.5. The van der Waals surface area contributed by atoms with Gasteiger partial charge in [-0.1, -0.05) is 0 Å². The van der Waals surface area contributed by atoms with E-state index in [2.05, 4.69) is 10.3 Å². The van der Waals surface area contributed by atoms with Crippen LogP contribution in [0.4, 0.5) is 4.39 Å². The van der Waals surface area contributed by atoms with E-state index in [9.17, 15) is 9.18 Å². The van der Waals surface area contributed by atoms with Crippen molar-refractivity contribution in [2.45, 2.75) is 19.9 Å². The van der Waals surface area contributed by atoms with Gasteiger partial charge in [-0.25, -0.2) is 4.39 Å². The third kappa shape index (κ3) is 6.04. The van der Waals surface area contributed by atoms with Crippen LogP contribution in [0.15, 0.2) is 42.6 Å². The molecule has 0 bridgehead atoms.